The van der Waals surface area contributed by atoms with E-state index >= 15 is 0 Å². The normalized spacial score (nSPS) is 10.1. The Balaban J connectivity index is 2.01. The predicted molar refractivity (Wildman–Crippen MR) is 92.1 cm³/mol. The fraction of sp³-hybridized carbons (Fsp3) is 0.125. The van der Waals surface area contributed by atoms with Gasteiger partial charge in [0.15, 0.2) is 6.61 Å². The molecule has 0 saturated heterocycles. The van der Waals surface area contributed by atoms with Gasteiger partial charge >= 0.3 is 0 Å². The average molecular weight is 369 g/mol. The summed E-state index contributed by atoms with van der Waals surface area (Å²) in [6, 6.07) is 9.20. The van der Waals surface area contributed by atoms with Crippen molar-refractivity contribution >= 4 is 40.7 Å². The number of benzene rings is 2. The molecule has 0 aliphatic heterocycles. The highest BCUT2D eigenvalue weighted by Crippen LogP contribution is 2.27. The van der Waals surface area contributed by atoms with Crippen molar-refractivity contribution in [3.05, 3.63) is 52.0 Å². The van der Waals surface area contributed by atoms with E-state index in [9.17, 15) is 9.59 Å². The molecule has 3 N–H and O–H groups in total. The zero-order chi connectivity index (χ0) is 17.7. The number of nitrogens with two attached hydrogens (primary N) is 1. The summed E-state index contributed by atoms with van der Waals surface area (Å²) >= 11 is 11.8. The maximum absolute atomic E-state index is 11.9. The maximum atomic E-state index is 11.9. The molecule has 0 spiro atoms. The van der Waals surface area contributed by atoms with Gasteiger partial charge in [-0.25, -0.2) is 0 Å². The van der Waals surface area contributed by atoms with Gasteiger partial charge in [0.1, 0.15) is 11.5 Å². The van der Waals surface area contributed by atoms with E-state index in [2.05, 4.69) is 5.32 Å². The van der Waals surface area contributed by atoms with Crippen LogP contribution >= 0.6 is 23.2 Å². The molecule has 2 aromatic rings. The summed E-state index contributed by atoms with van der Waals surface area (Å²) in [7, 11) is 1.50. The lowest BCUT2D eigenvalue weighted by molar-refractivity contribution is -0.118. The molecule has 0 atom stereocenters. The van der Waals surface area contributed by atoms with Crippen LogP contribution in [0.15, 0.2) is 36.4 Å². The van der Waals surface area contributed by atoms with Crippen molar-refractivity contribution in [2.75, 3.05) is 19.0 Å². The maximum Gasteiger partial charge on any atom is 0.262 e. The number of nitrogens with one attached hydrogen (secondary N) is 1. The Labute approximate surface area is 148 Å². The highest BCUT2D eigenvalue weighted by Gasteiger charge is 2.12. The highest BCUT2D eigenvalue weighted by molar-refractivity contribution is 6.32. The lowest BCUT2D eigenvalue weighted by Gasteiger charge is -2.11. The number of hydrogen-bond acceptors (Lipinski definition) is 4. The Morgan fingerprint density at radius 3 is 2.46 bits per heavy atom. The summed E-state index contributed by atoms with van der Waals surface area (Å²) in [5, 5.41) is 3.33. The Bertz CT molecular complexity index is 781. The summed E-state index contributed by atoms with van der Waals surface area (Å²) in [5.41, 5.74) is 5.84. The first-order valence-electron chi connectivity index (χ1n) is 6.76. The van der Waals surface area contributed by atoms with Gasteiger partial charge in [-0.3, -0.25) is 9.59 Å². The summed E-state index contributed by atoms with van der Waals surface area (Å²) in [5.74, 6) is -0.454. The van der Waals surface area contributed by atoms with Crippen LogP contribution in [0.4, 0.5) is 5.69 Å². The second-order valence-corrected chi connectivity index (χ2v) is 5.53. The molecule has 0 saturated carbocycles. The molecule has 0 aromatic heterocycles. The standard InChI is InChI=1S/C16H14Cl2N2O4/c1-23-14-5-3-10(7-12(14)18)20-15(21)8-24-13-4-2-9(17)6-11(13)16(19)22/h2-7H,8H2,1H3,(H2,19,22)(H,20,21). The first kappa shape index (κ1) is 17.9. The third-order valence-electron chi connectivity index (χ3n) is 3.00. The van der Waals surface area contributed by atoms with Crippen molar-refractivity contribution in [2.24, 2.45) is 5.73 Å². The molecular weight excluding hydrogens is 355 g/mol. The van der Waals surface area contributed by atoms with Crippen LogP contribution in [0.5, 0.6) is 11.5 Å². The van der Waals surface area contributed by atoms with Crippen LogP contribution in [0.3, 0.4) is 0 Å². The van der Waals surface area contributed by atoms with Crippen molar-refractivity contribution in [1.82, 2.24) is 0 Å². The lowest BCUT2D eigenvalue weighted by atomic mass is 10.2. The molecular formula is C16H14Cl2N2O4. The van der Waals surface area contributed by atoms with Gasteiger partial charge in [-0.15, -0.1) is 0 Å². The number of carbonyl (C=O) groups is 2. The molecule has 0 aliphatic rings. The minimum atomic E-state index is -0.699. The minimum absolute atomic E-state index is 0.0998. The van der Waals surface area contributed by atoms with Gasteiger partial charge in [0.25, 0.3) is 11.8 Å². The third kappa shape index (κ3) is 4.53. The SMILES string of the molecule is COc1ccc(NC(=O)COc2ccc(Cl)cc2C(N)=O)cc1Cl. The van der Waals surface area contributed by atoms with E-state index in [1.807, 2.05) is 0 Å². The molecule has 0 unspecified atom stereocenters. The zero-order valence-corrected chi connectivity index (χ0v) is 14.1. The van der Waals surface area contributed by atoms with Crippen LogP contribution in [-0.2, 0) is 4.79 Å². The number of primary amides is 1. The zero-order valence-electron chi connectivity index (χ0n) is 12.6. The topological polar surface area (TPSA) is 90.7 Å². The van der Waals surface area contributed by atoms with Crippen LogP contribution in [0.25, 0.3) is 0 Å². The van der Waals surface area contributed by atoms with Gasteiger partial charge in [0, 0.05) is 10.7 Å². The van der Waals surface area contributed by atoms with Crippen molar-refractivity contribution in [1.29, 1.82) is 0 Å². The van der Waals surface area contributed by atoms with Crippen LogP contribution in [0.2, 0.25) is 10.0 Å². The largest absolute Gasteiger partial charge is 0.495 e. The van der Waals surface area contributed by atoms with Crippen LogP contribution < -0.4 is 20.5 Å². The van der Waals surface area contributed by atoms with Crippen molar-refractivity contribution in [3.8, 4) is 11.5 Å². The number of hydrogen-bond donors (Lipinski definition) is 2. The van der Waals surface area contributed by atoms with E-state index < -0.39 is 11.8 Å². The van der Waals surface area contributed by atoms with E-state index in [1.165, 1.54) is 25.3 Å². The van der Waals surface area contributed by atoms with Gasteiger partial charge in [-0.1, -0.05) is 23.2 Å². The first-order chi connectivity index (χ1) is 11.4. The Morgan fingerprint density at radius 2 is 1.83 bits per heavy atom. The van der Waals surface area contributed by atoms with E-state index in [0.717, 1.165) is 0 Å². The van der Waals surface area contributed by atoms with Gasteiger partial charge in [-0.2, -0.15) is 0 Å². The number of halogens is 2. The average Bonchev–Trinajstić information content (AvgIpc) is 2.53. The van der Waals surface area contributed by atoms with Crippen molar-refractivity contribution < 1.29 is 19.1 Å². The van der Waals surface area contributed by atoms with Gasteiger partial charge in [0.05, 0.1) is 17.7 Å². The Kier molecular flexibility index (Phi) is 5.89. The molecule has 6 nitrogen and oxygen atoms in total. The highest BCUT2D eigenvalue weighted by atomic mass is 35.5. The summed E-state index contributed by atoms with van der Waals surface area (Å²) in [6.07, 6.45) is 0. The molecule has 0 radical (unpaired) electrons. The smallest absolute Gasteiger partial charge is 0.262 e. The van der Waals surface area contributed by atoms with Crippen molar-refractivity contribution in [2.45, 2.75) is 0 Å². The lowest BCUT2D eigenvalue weighted by Crippen LogP contribution is -2.21. The first-order valence-corrected chi connectivity index (χ1v) is 7.52. The van der Waals surface area contributed by atoms with Gasteiger partial charge in [-0.05, 0) is 36.4 Å². The molecule has 0 heterocycles. The summed E-state index contributed by atoms with van der Waals surface area (Å²) in [4.78, 5) is 23.3. The molecule has 0 fully saturated rings. The number of ether oxygens (including phenoxy) is 2. The van der Waals surface area contributed by atoms with Gasteiger partial charge < -0.3 is 20.5 Å². The second-order valence-electron chi connectivity index (χ2n) is 4.69. The molecule has 0 bridgehead atoms. The fourth-order valence-electron chi connectivity index (χ4n) is 1.91. The van der Waals surface area contributed by atoms with E-state index in [0.29, 0.717) is 21.5 Å². The minimum Gasteiger partial charge on any atom is -0.495 e. The van der Waals surface area contributed by atoms with E-state index in [-0.39, 0.29) is 17.9 Å². The quantitative estimate of drug-likeness (QED) is 0.819. The predicted octanol–water partition coefficient (Wildman–Crippen LogP) is 3.12. The van der Waals surface area contributed by atoms with Crippen molar-refractivity contribution in [3.63, 3.8) is 0 Å². The van der Waals surface area contributed by atoms with Crippen LogP contribution in [-0.4, -0.2) is 25.5 Å². The molecule has 24 heavy (non-hydrogen) atoms. The Morgan fingerprint density at radius 1 is 1.12 bits per heavy atom. The molecule has 2 amide bonds. The molecule has 2 rings (SSSR count). The van der Waals surface area contributed by atoms with Crippen LogP contribution in [0.1, 0.15) is 10.4 Å². The van der Waals surface area contributed by atoms with Crippen LogP contribution in [0, 0.1) is 0 Å². The van der Waals surface area contributed by atoms with E-state index in [4.69, 9.17) is 38.4 Å². The monoisotopic (exact) mass is 368 g/mol. The molecule has 0 aliphatic carbocycles. The Hall–Kier alpha value is -2.44. The number of anilines is 1. The van der Waals surface area contributed by atoms with E-state index in [1.54, 1.807) is 18.2 Å². The third-order valence-corrected chi connectivity index (χ3v) is 3.53. The number of methoxy groups -OCH3 is 1. The number of rotatable bonds is 6. The summed E-state index contributed by atoms with van der Waals surface area (Å²) < 4.78 is 10.4. The number of carbonyl (C=O) groups excluding carboxylic acids is 2. The number of amides is 2. The fourth-order valence-corrected chi connectivity index (χ4v) is 2.33. The second kappa shape index (κ2) is 7.90. The molecule has 8 heteroatoms. The summed E-state index contributed by atoms with van der Waals surface area (Å²) in [6.45, 7) is -0.314. The van der Waals surface area contributed by atoms with Gasteiger partial charge in [0.2, 0.25) is 0 Å². The molecule has 126 valence electrons. The molecule has 2 aromatic carbocycles.